The third-order valence-corrected chi connectivity index (χ3v) is 2.40. The molecule has 98 valence electrons. The van der Waals surface area contributed by atoms with Gasteiger partial charge in [0.05, 0.1) is 19.8 Å². The SMILES string of the molecule is COC(=O)CN(C)C(=O)c1ccc(N)cc1OC. The van der Waals surface area contributed by atoms with Gasteiger partial charge in [-0.2, -0.15) is 0 Å². The van der Waals surface area contributed by atoms with Crippen LogP contribution in [0.25, 0.3) is 0 Å². The van der Waals surface area contributed by atoms with Gasteiger partial charge in [-0.3, -0.25) is 9.59 Å². The van der Waals surface area contributed by atoms with Crippen LogP contribution >= 0.6 is 0 Å². The van der Waals surface area contributed by atoms with Gasteiger partial charge >= 0.3 is 5.97 Å². The number of hydrogen-bond donors (Lipinski definition) is 1. The summed E-state index contributed by atoms with van der Waals surface area (Å²) in [5.74, 6) is -0.450. The fourth-order valence-electron chi connectivity index (χ4n) is 1.42. The van der Waals surface area contributed by atoms with Gasteiger partial charge in [0, 0.05) is 18.8 Å². The first-order valence-electron chi connectivity index (χ1n) is 5.25. The minimum absolute atomic E-state index is 0.122. The van der Waals surface area contributed by atoms with Crippen LogP contribution in [0.1, 0.15) is 10.4 Å². The molecule has 0 unspecified atom stereocenters. The molecule has 2 N–H and O–H groups in total. The lowest BCUT2D eigenvalue weighted by Gasteiger charge is -2.17. The number of amides is 1. The molecule has 0 aliphatic rings. The van der Waals surface area contributed by atoms with E-state index in [9.17, 15) is 9.59 Å². The molecule has 0 fully saturated rings. The van der Waals surface area contributed by atoms with Gasteiger partial charge < -0.3 is 20.1 Å². The first kappa shape index (κ1) is 13.8. The number of ether oxygens (including phenoxy) is 2. The number of rotatable bonds is 4. The maximum Gasteiger partial charge on any atom is 0.325 e. The second-order valence-corrected chi connectivity index (χ2v) is 3.70. The van der Waals surface area contributed by atoms with E-state index in [0.29, 0.717) is 17.0 Å². The van der Waals surface area contributed by atoms with Crippen LogP contribution < -0.4 is 10.5 Å². The quantitative estimate of drug-likeness (QED) is 0.624. The predicted molar refractivity (Wildman–Crippen MR) is 66.4 cm³/mol. The molecule has 1 aromatic rings. The van der Waals surface area contributed by atoms with Crippen LogP contribution in [-0.4, -0.2) is 44.6 Å². The molecular formula is C12H16N2O4. The monoisotopic (exact) mass is 252 g/mol. The number of carbonyl (C=O) groups is 2. The highest BCUT2D eigenvalue weighted by Crippen LogP contribution is 2.22. The number of likely N-dealkylation sites (N-methyl/N-ethyl adjacent to an activating group) is 1. The lowest BCUT2D eigenvalue weighted by Crippen LogP contribution is -2.32. The fraction of sp³-hybridized carbons (Fsp3) is 0.333. The van der Waals surface area contributed by atoms with E-state index in [0.717, 1.165) is 0 Å². The molecule has 6 nitrogen and oxygen atoms in total. The van der Waals surface area contributed by atoms with E-state index < -0.39 is 5.97 Å². The zero-order valence-electron chi connectivity index (χ0n) is 10.6. The Morgan fingerprint density at radius 2 is 2.00 bits per heavy atom. The molecule has 18 heavy (non-hydrogen) atoms. The van der Waals surface area contributed by atoms with Gasteiger partial charge in [0.1, 0.15) is 12.3 Å². The number of nitrogens with two attached hydrogens (primary N) is 1. The molecule has 0 spiro atoms. The number of esters is 1. The van der Waals surface area contributed by atoms with Gasteiger partial charge in [-0.1, -0.05) is 0 Å². The molecule has 1 amide bonds. The highest BCUT2D eigenvalue weighted by atomic mass is 16.5. The Morgan fingerprint density at radius 1 is 1.33 bits per heavy atom. The van der Waals surface area contributed by atoms with E-state index in [2.05, 4.69) is 4.74 Å². The van der Waals surface area contributed by atoms with Crippen molar-refractivity contribution in [3.63, 3.8) is 0 Å². The van der Waals surface area contributed by atoms with Crippen LogP contribution in [0.5, 0.6) is 5.75 Å². The van der Waals surface area contributed by atoms with E-state index in [-0.39, 0.29) is 12.5 Å². The van der Waals surface area contributed by atoms with Gasteiger partial charge in [-0.15, -0.1) is 0 Å². The molecule has 1 rings (SSSR count). The molecule has 0 radical (unpaired) electrons. The summed E-state index contributed by atoms with van der Waals surface area (Å²) >= 11 is 0. The minimum Gasteiger partial charge on any atom is -0.496 e. The van der Waals surface area contributed by atoms with Crippen molar-refractivity contribution in [1.82, 2.24) is 4.90 Å². The molecular weight excluding hydrogens is 236 g/mol. The fourth-order valence-corrected chi connectivity index (χ4v) is 1.42. The summed E-state index contributed by atoms with van der Waals surface area (Å²) in [6, 6.07) is 4.71. The average Bonchev–Trinajstić information content (AvgIpc) is 2.37. The van der Waals surface area contributed by atoms with E-state index >= 15 is 0 Å². The van der Waals surface area contributed by atoms with Gasteiger partial charge in [-0.05, 0) is 12.1 Å². The predicted octanol–water partition coefficient (Wildman–Crippen LogP) is 0.522. The van der Waals surface area contributed by atoms with Crippen molar-refractivity contribution < 1.29 is 19.1 Å². The zero-order valence-corrected chi connectivity index (χ0v) is 10.6. The van der Waals surface area contributed by atoms with Gasteiger partial charge in [0.25, 0.3) is 5.91 Å². The van der Waals surface area contributed by atoms with Gasteiger partial charge in [0.15, 0.2) is 0 Å². The van der Waals surface area contributed by atoms with Crippen LogP contribution in [0.2, 0.25) is 0 Å². The Kier molecular flexibility index (Phi) is 4.53. The topological polar surface area (TPSA) is 81.9 Å². The molecule has 0 bridgehead atoms. The van der Waals surface area contributed by atoms with Crippen molar-refractivity contribution in [2.75, 3.05) is 33.5 Å². The molecule has 6 heteroatoms. The maximum atomic E-state index is 12.1. The lowest BCUT2D eigenvalue weighted by atomic mass is 10.1. The van der Waals surface area contributed by atoms with Crippen molar-refractivity contribution >= 4 is 17.6 Å². The number of methoxy groups -OCH3 is 2. The van der Waals surface area contributed by atoms with Crippen LogP contribution in [0.4, 0.5) is 5.69 Å². The molecule has 0 heterocycles. The standard InChI is InChI=1S/C12H16N2O4/c1-14(7-11(15)18-3)12(16)9-5-4-8(13)6-10(9)17-2/h4-6H,7,13H2,1-3H3. The number of hydrogen-bond acceptors (Lipinski definition) is 5. The number of carbonyl (C=O) groups excluding carboxylic acids is 2. The molecule has 1 aromatic carbocycles. The van der Waals surface area contributed by atoms with Crippen LogP contribution in [0.3, 0.4) is 0 Å². The van der Waals surface area contributed by atoms with E-state index in [1.54, 1.807) is 18.2 Å². The zero-order chi connectivity index (χ0) is 13.7. The maximum absolute atomic E-state index is 12.1. The third-order valence-electron chi connectivity index (χ3n) is 2.40. The summed E-state index contributed by atoms with van der Waals surface area (Å²) in [7, 11) is 4.23. The second kappa shape index (κ2) is 5.90. The van der Waals surface area contributed by atoms with Crippen LogP contribution in [0, 0.1) is 0 Å². The summed E-state index contributed by atoms with van der Waals surface area (Å²) in [5, 5.41) is 0. The Labute approximate surface area is 105 Å². The van der Waals surface area contributed by atoms with Crippen molar-refractivity contribution in [3.8, 4) is 5.75 Å². The molecule has 0 aromatic heterocycles. The average molecular weight is 252 g/mol. The summed E-state index contributed by atoms with van der Waals surface area (Å²) in [6.07, 6.45) is 0. The molecule has 0 aliphatic heterocycles. The molecule has 0 saturated carbocycles. The highest BCUT2D eigenvalue weighted by molar-refractivity contribution is 5.98. The number of benzene rings is 1. The highest BCUT2D eigenvalue weighted by Gasteiger charge is 2.18. The Hall–Kier alpha value is -2.24. The second-order valence-electron chi connectivity index (χ2n) is 3.70. The smallest absolute Gasteiger partial charge is 0.325 e. The summed E-state index contributed by atoms with van der Waals surface area (Å²) in [5.41, 5.74) is 6.45. The van der Waals surface area contributed by atoms with E-state index in [1.807, 2.05) is 0 Å². The Morgan fingerprint density at radius 3 is 2.56 bits per heavy atom. The number of nitrogens with zero attached hydrogens (tertiary/aromatic N) is 1. The molecule has 0 aliphatic carbocycles. The number of nitrogen functional groups attached to an aromatic ring is 1. The minimum atomic E-state index is -0.486. The lowest BCUT2D eigenvalue weighted by molar-refractivity contribution is -0.141. The normalized spacial score (nSPS) is 9.72. The largest absolute Gasteiger partial charge is 0.496 e. The van der Waals surface area contributed by atoms with Crippen molar-refractivity contribution in [1.29, 1.82) is 0 Å². The summed E-state index contributed by atoms with van der Waals surface area (Å²) in [4.78, 5) is 24.4. The van der Waals surface area contributed by atoms with Crippen LogP contribution in [-0.2, 0) is 9.53 Å². The number of anilines is 1. The first-order chi connectivity index (χ1) is 8.49. The summed E-state index contributed by atoms with van der Waals surface area (Å²) < 4.78 is 9.58. The van der Waals surface area contributed by atoms with Gasteiger partial charge in [-0.25, -0.2) is 0 Å². The molecule has 0 saturated heterocycles. The Bertz CT molecular complexity index is 459. The first-order valence-corrected chi connectivity index (χ1v) is 5.25. The van der Waals surface area contributed by atoms with E-state index in [4.69, 9.17) is 10.5 Å². The van der Waals surface area contributed by atoms with E-state index in [1.165, 1.54) is 26.2 Å². The van der Waals surface area contributed by atoms with Crippen molar-refractivity contribution in [3.05, 3.63) is 23.8 Å². The Balaban J connectivity index is 2.93. The van der Waals surface area contributed by atoms with Crippen molar-refractivity contribution in [2.24, 2.45) is 0 Å². The van der Waals surface area contributed by atoms with Crippen molar-refractivity contribution in [2.45, 2.75) is 0 Å². The van der Waals surface area contributed by atoms with Crippen LogP contribution in [0.15, 0.2) is 18.2 Å². The van der Waals surface area contributed by atoms with Gasteiger partial charge in [0.2, 0.25) is 0 Å². The summed E-state index contributed by atoms with van der Waals surface area (Å²) in [6.45, 7) is -0.122. The molecule has 0 atom stereocenters. The third kappa shape index (κ3) is 3.13.